The molecule has 1 saturated carbocycles. The van der Waals surface area contributed by atoms with Crippen LogP contribution in [0.2, 0.25) is 0 Å². The molecule has 0 saturated heterocycles. The second kappa shape index (κ2) is 6.35. The van der Waals surface area contributed by atoms with Crippen molar-refractivity contribution in [2.75, 3.05) is 6.54 Å². The summed E-state index contributed by atoms with van der Waals surface area (Å²) in [6, 6.07) is 7.78. The van der Waals surface area contributed by atoms with Gasteiger partial charge in [0.2, 0.25) is 10.0 Å². The molecule has 1 N–H and O–H groups in total. The van der Waals surface area contributed by atoms with Crippen LogP contribution in [0.25, 0.3) is 0 Å². The molecule has 6 nitrogen and oxygen atoms in total. The fraction of sp³-hybridized carbons (Fsp3) is 0.333. The first-order valence-corrected chi connectivity index (χ1v) is 9.67. The van der Waals surface area contributed by atoms with Gasteiger partial charge in [0.1, 0.15) is 11.6 Å². The quantitative estimate of drug-likeness (QED) is 0.598. The Labute approximate surface area is 155 Å². The minimum Gasteiger partial charge on any atom is -0.258 e. The molecule has 1 aliphatic carbocycles. The Kier molecular flexibility index (Phi) is 4.55. The Morgan fingerprint density at radius 2 is 1.74 bits per heavy atom. The number of non-ortho nitro benzene ring substituents is 1. The van der Waals surface area contributed by atoms with Gasteiger partial charge in [0, 0.05) is 30.2 Å². The summed E-state index contributed by atoms with van der Waals surface area (Å²) in [6.45, 7) is 3.70. The lowest BCUT2D eigenvalue weighted by molar-refractivity contribution is -0.384. The van der Waals surface area contributed by atoms with Crippen LogP contribution < -0.4 is 4.72 Å². The zero-order chi connectivity index (χ0) is 20.0. The highest BCUT2D eigenvalue weighted by Crippen LogP contribution is 2.64. The lowest BCUT2D eigenvalue weighted by atomic mass is 9.87. The number of nitrogens with zero attached hydrogens (tertiary/aromatic N) is 1. The van der Waals surface area contributed by atoms with E-state index in [2.05, 4.69) is 4.72 Å². The summed E-state index contributed by atoms with van der Waals surface area (Å²) in [6.07, 6.45) is 0.533. The van der Waals surface area contributed by atoms with Crippen LogP contribution >= 0.6 is 0 Å². The summed E-state index contributed by atoms with van der Waals surface area (Å²) in [5, 5.41) is 10.7. The molecule has 0 heterocycles. The van der Waals surface area contributed by atoms with Crippen LogP contribution in [0.1, 0.15) is 25.8 Å². The highest BCUT2D eigenvalue weighted by Gasteiger charge is 2.63. The number of benzene rings is 2. The van der Waals surface area contributed by atoms with E-state index in [-0.39, 0.29) is 28.1 Å². The van der Waals surface area contributed by atoms with Crippen LogP contribution in [0.4, 0.5) is 14.5 Å². The van der Waals surface area contributed by atoms with Crippen molar-refractivity contribution >= 4 is 15.7 Å². The molecule has 0 bridgehead atoms. The first-order chi connectivity index (χ1) is 12.5. The van der Waals surface area contributed by atoms with Crippen LogP contribution in [0, 0.1) is 27.2 Å². The van der Waals surface area contributed by atoms with Crippen LogP contribution in [-0.2, 0) is 15.4 Å². The van der Waals surface area contributed by atoms with Gasteiger partial charge < -0.3 is 0 Å². The van der Waals surface area contributed by atoms with E-state index in [0.29, 0.717) is 6.42 Å². The maximum atomic E-state index is 14.3. The highest BCUT2D eigenvalue weighted by molar-refractivity contribution is 7.89. The van der Waals surface area contributed by atoms with E-state index in [0.717, 1.165) is 36.4 Å². The second-order valence-corrected chi connectivity index (χ2v) is 9.11. The van der Waals surface area contributed by atoms with Crippen molar-refractivity contribution in [3.8, 4) is 0 Å². The number of hydrogen-bond donors (Lipinski definition) is 1. The van der Waals surface area contributed by atoms with E-state index >= 15 is 0 Å². The lowest BCUT2D eigenvalue weighted by Crippen LogP contribution is -2.35. The van der Waals surface area contributed by atoms with E-state index in [1.807, 2.05) is 13.8 Å². The van der Waals surface area contributed by atoms with Crippen molar-refractivity contribution in [1.29, 1.82) is 0 Å². The number of halogens is 2. The molecule has 2 aromatic rings. The smallest absolute Gasteiger partial charge is 0.258 e. The average Bonchev–Trinajstić information content (AvgIpc) is 3.15. The van der Waals surface area contributed by atoms with E-state index in [9.17, 15) is 27.3 Å². The molecule has 0 radical (unpaired) electrons. The number of nitro benzene ring substituents is 1. The van der Waals surface area contributed by atoms with E-state index in [4.69, 9.17) is 0 Å². The predicted octanol–water partition coefficient (Wildman–Crippen LogP) is 3.52. The fourth-order valence-corrected chi connectivity index (χ4v) is 4.59. The van der Waals surface area contributed by atoms with Crippen LogP contribution in [0.3, 0.4) is 0 Å². The lowest BCUT2D eigenvalue weighted by Gasteiger charge is -2.22. The van der Waals surface area contributed by atoms with Crippen molar-refractivity contribution < 1.29 is 22.1 Å². The predicted molar refractivity (Wildman–Crippen MR) is 94.7 cm³/mol. The summed E-state index contributed by atoms with van der Waals surface area (Å²) in [5.41, 5.74) is -1.12. The number of nitrogens with one attached hydrogen (secondary N) is 1. The SMILES string of the molecule is CC1(C)CC1(CNS(=O)(=O)c1ccc([N+](=O)[O-])cc1)c1ccc(F)cc1F. The van der Waals surface area contributed by atoms with Gasteiger partial charge in [-0.2, -0.15) is 0 Å². The second-order valence-electron chi connectivity index (χ2n) is 7.34. The van der Waals surface area contributed by atoms with E-state index in [1.54, 1.807) is 0 Å². The fourth-order valence-electron chi connectivity index (χ4n) is 3.49. The van der Waals surface area contributed by atoms with Gasteiger partial charge >= 0.3 is 0 Å². The van der Waals surface area contributed by atoms with Gasteiger partial charge in [-0.25, -0.2) is 21.9 Å². The highest BCUT2D eigenvalue weighted by atomic mass is 32.2. The van der Waals surface area contributed by atoms with Gasteiger partial charge in [-0.05, 0) is 35.6 Å². The third-order valence-electron chi connectivity index (χ3n) is 5.28. The Morgan fingerprint density at radius 3 is 2.22 bits per heavy atom. The van der Waals surface area contributed by atoms with Crippen molar-refractivity contribution in [1.82, 2.24) is 4.72 Å². The molecule has 1 aliphatic rings. The van der Waals surface area contributed by atoms with Crippen LogP contribution in [-0.4, -0.2) is 19.9 Å². The first-order valence-electron chi connectivity index (χ1n) is 8.18. The molecular formula is C18H18F2N2O4S. The first kappa shape index (κ1) is 19.4. The van der Waals surface area contributed by atoms with Gasteiger partial charge in [-0.15, -0.1) is 0 Å². The number of nitro groups is 1. The largest absolute Gasteiger partial charge is 0.269 e. The molecule has 2 aromatic carbocycles. The molecule has 1 unspecified atom stereocenters. The molecule has 1 fully saturated rings. The number of hydrogen-bond acceptors (Lipinski definition) is 4. The standard InChI is InChI=1S/C18H18F2N2O4S/c1-17(2)10-18(17,15-8-3-12(19)9-16(15)20)11-21-27(25,26)14-6-4-13(5-7-14)22(23)24/h3-9,21H,10-11H2,1-2H3. The molecule has 0 spiro atoms. The summed E-state index contributed by atoms with van der Waals surface area (Å²) in [7, 11) is -3.94. The zero-order valence-electron chi connectivity index (χ0n) is 14.7. The normalized spacial score (nSPS) is 21.0. The van der Waals surface area contributed by atoms with Crippen molar-refractivity contribution in [3.63, 3.8) is 0 Å². The van der Waals surface area contributed by atoms with Gasteiger partial charge in [0.15, 0.2) is 0 Å². The van der Waals surface area contributed by atoms with Gasteiger partial charge in [-0.3, -0.25) is 10.1 Å². The maximum absolute atomic E-state index is 14.3. The minimum atomic E-state index is -3.94. The molecule has 0 aliphatic heterocycles. The number of sulfonamides is 1. The van der Waals surface area contributed by atoms with Crippen LogP contribution in [0.5, 0.6) is 0 Å². The molecule has 9 heteroatoms. The monoisotopic (exact) mass is 396 g/mol. The van der Waals surface area contributed by atoms with Gasteiger partial charge in [0.05, 0.1) is 9.82 Å². The number of rotatable bonds is 6. The van der Waals surface area contributed by atoms with E-state index < -0.39 is 32.0 Å². The summed E-state index contributed by atoms with van der Waals surface area (Å²) >= 11 is 0. The molecule has 3 rings (SSSR count). The third kappa shape index (κ3) is 3.44. The Bertz CT molecular complexity index is 1010. The third-order valence-corrected chi connectivity index (χ3v) is 6.70. The Balaban J connectivity index is 1.85. The maximum Gasteiger partial charge on any atom is 0.269 e. The van der Waals surface area contributed by atoms with Crippen molar-refractivity contribution in [2.24, 2.45) is 5.41 Å². The van der Waals surface area contributed by atoms with Crippen LogP contribution in [0.15, 0.2) is 47.4 Å². The summed E-state index contributed by atoms with van der Waals surface area (Å²) in [5.74, 6) is -1.41. The topological polar surface area (TPSA) is 89.3 Å². The molecule has 0 aromatic heterocycles. The summed E-state index contributed by atoms with van der Waals surface area (Å²) < 4.78 is 55.1. The average molecular weight is 396 g/mol. The molecular weight excluding hydrogens is 378 g/mol. The van der Waals surface area contributed by atoms with Crippen molar-refractivity contribution in [3.05, 3.63) is 69.8 Å². The van der Waals surface area contributed by atoms with Crippen molar-refractivity contribution in [2.45, 2.75) is 30.6 Å². The zero-order valence-corrected chi connectivity index (χ0v) is 15.5. The van der Waals surface area contributed by atoms with E-state index in [1.165, 1.54) is 6.07 Å². The minimum absolute atomic E-state index is 0.0676. The summed E-state index contributed by atoms with van der Waals surface area (Å²) in [4.78, 5) is 9.94. The molecule has 144 valence electrons. The molecule has 0 amide bonds. The Morgan fingerprint density at radius 1 is 1.15 bits per heavy atom. The molecule has 1 atom stereocenters. The Hall–Kier alpha value is -2.39. The van der Waals surface area contributed by atoms with Gasteiger partial charge in [-0.1, -0.05) is 19.9 Å². The van der Waals surface area contributed by atoms with Gasteiger partial charge in [0.25, 0.3) is 5.69 Å². The molecule has 27 heavy (non-hydrogen) atoms.